The van der Waals surface area contributed by atoms with Gasteiger partial charge in [0.2, 0.25) is 0 Å². The first-order valence-electron chi connectivity index (χ1n) is 4.69. The second kappa shape index (κ2) is 4.89. The standard InChI is InChI=1S/C11H8BrClFN3/c12-8-2-1-6(14)3-10(8)17-11-9(13)4-7(15)5-16-11/h1-5H,15H2,(H,16,17). The van der Waals surface area contributed by atoms with Gasteiger partial charge in [-0.05, 0) is 40.2 Å². The third-order valence-electron chi connectivity index (χ3n) is 2.04. The highest BCUT2D eigenvalue weighted by Crippen LogP contribution is 2.29. The summed E-state index contributed by atoms with van der Waals surface area (Å²) >= 11 is 9.26. The minimum absolute atomic E-state index is 0.345. The molecule has 0 amide bonds. The van der Waals surface area contributed by atoms with Crippen LogP contribution in [0, 0.1) is 5.82 Å². The lowest BCUT2D eigenvalue weighted by Crippen LogP contribution is -1.97. The topological polar surface area (TPSA) is 50.9 Å². The van der Waals surface area contributed by atoms with Gasteiger partial charge < -0.3 is 11.1 Å². The third kappa shape index (κ3) is 2.87. The number of rotatable bonds is 2. The van der Waals surface area contributed by atoms with E-state index in [0.29, 0.717) is 26.7 Å². The number of benzene rings is 1. The SMILES string of the molecule is Nc1cnc(Nc2cc(F)ccc2Br)c(Cl)c1. The molecule has 17 heavy (non-hydrogen) atoms. The fourth-order valence-corrected chi connectivity index (χ4v) is 1.83. The summed E-state index contributed by atoms with van der Waals surface area (Å²) in [5.41, 5.74) is 6.55. The van der Waals surface area contributed by atoms with Crippen molar-refractivity contribution in [3.63, 3.8) is 0 Å². The van der Waals surface area contributed by atoms with E-state index in [-0.39, 0.29) is 5.82 Å². The van der Waals surface area contributed by atoms with Gasteiger partial charge in [-0.3, -0.25) is 0 Å². The van der Waals surface area contributed by atoms with Gasteiger partial charge in [-0.1, -0.05) is 11.6 Å². The Hall–Kier alpha value is -1.33. The molecule has 0 radical (unpaired) electrons. The van der Waals surface area contributed by atoms with Crippen molar-refractivity contribution in [1.82, 2.24) is 4.98 Å². The molecule has 88 valence electrons. The Labute approximate surface area is 111 Å². The van der Waals surface area contributed by atoms with Crippen LogP contribution in [0.1, 0.15) is 0 Å². The van der Waals surface area contributed by atoms with E-state index in [4.69, 9.17) is 17.3 Å². The van der Waals surface area contributed by atoms with Crippen molar-refractivity contribution in [2.45, 2.75) is 0 Å². The van der Waals surface area contributed by atoms with Gasteiger partial charge in [-0.15, -0.1) is 0 Å². The van der Waals surface area contributed by atoms with Gasteiger partial charge in [0, 0.05) is 4.47 Å². The summed E-state index contributed by atoms with van der Waals surface area (Å²) in [7, 11) is 0. The fraction of sp³-hybridized carbons (Fsp3) is 0. The Morgan fingerprint density at radius 3 is 2.82 bits per heavy atom. The predicted octanol–water partition coefficient (Wildman–Crippen LogP) is 3.96. The molecule has 6 heteroatoms. The van der Waals surface area contributed by atoms with Crippen molar-refractivity contribution >= 4 is 44.7 Å². The van der Waals surface area contributed by atoms with Crippen LogP contribution in [0.15, 0.2) is 34.9 Å². The molecule has 0 spiro atoms. The first-order valence-corrected chi connectivity index (χ1v) is 5.86. The molecule has 0 atom stereocenters. The molecule has 0 saturated heterocycles. The fourth-order valence-electron chi connectivity index (χ4n) is 1.27. The quantitative estimate of drug-likeness (QED) is 0.881. The van der Waals surface area contributed by atoms with Crippen LogP contribution < -0.4 is 11.1 Å². The Balaban J connectivity index is 2.34. The van der Waals surface area contributed by atoms with Crippen LogP contribution in [-0.2, 0) is 0 Å². The van der Waals surface area contributed by atoms with Gasteiger partial charge in [0.25, 0.3) is 0 Å². The molecule has 3 N–H and O–H groups in total. The number of hydrogen-bond donors (Lipinski definition) is 2. The summed E-state index contributed by atoms with van der Waals surface area (Å²) in [6.07, 6.45) is 1.47. The molecule has 0 aliphatic heterocycles. The first kappa shape index (κ1) is 12.1. The average molecular weight is 317 g/mol. The van der Waals surface area contributed by atoms with E-state index < -0.39 is 0 Å². The average Bonchev–Trinajstić information content (AvgIpc) is 2.27. The van der Waals surface area contributed by atoms with Gasteiger partial charge >= 0.3 is 0 Å². The highest BCUT2D eigenvalue weighted by molar-refractivity contribution is 9.10. The molecule has 0 bridgehead atoms. The molecular formula is C11H8BrClFN3. The maximum Gasteiger partial charge on any atom is 0.149 e. The van der Waals surface area contributed by atoms with Crippen LogP contribution in [0.4, 0.5) is 21.6 Å². The van der Waals surface area contributed by atoms with E-state index in [0.717, 1.165) is 0 Å². The zero-order chi connectivity index (χ0) is 12.4. The summed E-state index contributed by atoms with van der Waals surface area (Å²) in [5.74, 6) is 0.0782. The molecule has 1 aromatic carbocycles. The summed E-state index contributed by atoms with van der Waals surface area (Å²) < 4.78 is 13.8. The first-order chi connectivity index (χ1) is 8.06. The molecule has 0 saturated carbocycles. The lowest BCUT2D eigenvalue weighted by Gasteiger charge is -2.09. The number of hydrogen-bond acceptors (Lipinski definition) is 3. The van der Waals surface area contributed by atoms with Crippen molar-refractivity contribution in [3.05, 3.63) is 45.8 Å². The summed E-state index contributed by atoms with van der Waals surface area (Å²) in [6.45, 7) is 0. The third-order valence-corrected chi connectivity index (χ3v) is 3.02. The number of anilines is 3. The maximum atomic E-state index is 13.1. The smallest absolute Gasteiger partial charge is 0.149 e. The number of nitrogens with one attached hydrogen (secondary N) is 1. The molecule has 0 unspecified atom stereocenters. The molecule has 0 aliphatic rings. The number of nitrogens with zero attached hydrogens (tertiary/aromatic N) is 1. The highest BCUT2D eigenvalue weighted by atomic mass is 79.9. The maximum absolute atomic E-state index is 13.1. The summed E-state index contributed by atoms with van der Waals surface area (Å²) in [6, 6.07) is 5.87. The van der Waals surface area contributed by atoms with E-state index in [9.17, 15) is 4.39 Å². The zero-order valence-corrected chi connectivity index (χ0v) is 10.9. The van der Waals surface area contributed by atoms with Crippen molar-refractivity contribution in [2.75, 3.05) is 11.1 Å². The number of aromatic nitrogens is 1. The summed E-state index contributed by atoms with van der Waals surface area (Å²) in [4.78, 5) is 4.03. The molecular weight excluding hydrogens is 308 g/mol. The highest BCUT2D eigenvalue weighted by Gasteiger charge is 2.06. The van der Waals surface area contributed by atoms with Crippen molar-refractivity contribution in [2.24, 2.45) is 0 Å². The van der Waals surface area contributed by atoms with Crippen LogP contribution in [0.25, 0.3) is 0 Å². The van der Waals surface area contributed by atoms with Crippen molar-refractivity contribution < 1.29 is 4.39 Å². The van der Waals surface area contributed by atoms with Crippen LogP contribution in [-0.4, -0.2) is 4.98 Å². The monoisotopic (exact) mass is 315 g/mol. The number of nitrogens with two attached hydrogens (primary N) is 1. The molecule has 1 aromatic heterocycles. The Morgan fingerprint density at radius 2 is 2.12 bits per heavy atom. The minimum Gasteiger partial charge on any atom is -0.397 e. The van der Waals surface area contributed by atoms with Gasteiger partial charge in [-0.2, -0.15) is 0 Å². The second-order valence-electron chi connectivity index (χ2n) is 3.35. The second-order valence-corrected chi connectivity index (χ2v) is 4.61. The van der Waals surface area contributed by atoms with Gasteiger partial charge in [-0.25, -0.2) is 9.37 Å². The Kier molecular flexibility index (Phi) is 3.49. The lowest BCUT2D eigenvalue weighted by atomic mass is 10.3. The van der Waals surface area contributed by atoms with E-state index in [1.165, 1.54) is 18.3 Å². The van der Waals surface area contributed by atoms with E-state index in [1.54, 1.807) is 12.1 Å². The number of nitrogen functional groups attached to an aromatic ring is 1. The van der Waals surface area contributed by atoms with Crippen LogP contribution in [0.5, 0.6) is 0 Å². The largest absolute Gasteiger partial charge is 0.397 e. The molecule has 0 aliphatic carbocycles. The Bertz CT molecular complexity index is 562. The Morgan fingerprint density at radius 1 is 1.35 bits per heavy atom. The molecule has 2 rings (SSSR count). The number of pyridine rings is 1. The van der Waals surface area contributed by atoms with E-state index in [2.05, 4.69) is 26.2 Å². The lowest BCUT2D eigenvalue weighted by molar-refractivity contribution is 0.628. The van der Waals surface area contributed by atoms with Crippen LogP contribution in [0.2, 0.25) is 5.02 Å². The van der Waals surface area contributed by atoms with Crippen LogP contribution in [0.3, 0.4) is 0 Å². The van der Waals surface area contributed by atoms with E-state index in [1.807, 2.05) is 0 Å². The summed E-state index contributed by atoms with van der Waals surface area (Å²) in [5, 5.41) is 3.30. The number of halogens is 3. The van der Waals surface area contributed by atoms with Crippen molar-refractivity contribution in [3.8, 4) is 0 Å². The normalized spacial score (nSPS) is 10.3. The molecule has 2 aromatic rings. The van der Waals surface area contributed by atoms with Crippen LogP contribution >= 0.6 is 27.5 Å². The van der Waals surface area contributed by atoms with E-state index >= 15 is 0 Å². The van der Waals surface area contributed by atoms with Crippen molar-refractivity contribution in [1.29, 1.82) is 0 Å². The molecule has 1 heterocycles. The molecule has 0 fully saturated rings. The zero-order valence-electron chi connectivity index (χ0n) is 8.55. The van der Waals surface area contributed by atoms with Gasteiger partial charge in [0.15, 0.2) is 0 Å². The van der Waals surface area contributed by atoms with Gasteiger partial charge in [0.05, 0.1) is 22.6 Å². The minimum atomic E-state index is -0.345. The predicted molar refractivity (Wildman–Crippen MR) is 71.0 cm³/mol. The van der Waals surface area contributed by atoms with Gasteiger partial charge in [0.1, 0.15) is 11.6 Å². The molecule has 3 nitrogen and oxygen atoms in total.